The van der Waals surface area contributed by atoms with E-state index >= 15 is 0 Å². The van der Waals surface area contributed by atoms with E-state index < -0.39 is 0 Å². The Morgan fingerprint density at radius 1 is 1.00 bits per heavy atom. The van der Waals surface area contributed by atoms with Crippen LogP contribution >= 0.6 is 0 Å². The highest BCUT2D eigenvalue weighted by atomic mass is 16.2. The quantitative estimate of drug-likeness (QED) is 0.171. The minimum atomic E-state index is -0.0492. The number of nitrogens with two attached hydrogens (primary N) is 1. The second-order valence-corrected chi connectivity index (χ2v) is 5.91. The molecule has 0 saturated carbocycles. The Morgan fingerprint density at radius 3 is 2.24 bits per heavy atom. The molecule has 0 aliphatic heterocycles. The van der Waals surface area contributed by atoms with Gasteiger partial charge in [-0.15, -0.1) is 0 Å². The van der Waals surface area contributed by atoms with E-state index in [2.05, 4.69) is 20.8 Å². The molecule has 0 rings (SSSR count). The Bertz CT molecular complexity index is 276. The highest BCUT2D eigenvalue weighted by Gasteiger charge is 2.16. The third-order valence-electron chi connectivity index (χ3n) is 3.99. The maximum absolute atomic E-state index is 12.0. The lowest BCUT2D eigenvalue weighted by Gasteiger charge is -2.25. The smallest absolute Gasteiger partial charge is 0.260 e. The predicted molar refractivity (Wildman–Crippen MR) is 91.8 cm³/mol. The summed E-state index contributed by atoms with van der Waals surface area (Å²) in [5.41, 5.74) is 0. The molecule has 21 heavy (non-hydrogen) atoms. The molecule has 1 unspecified atom stereocenters. The van der Waals surface area contributed by atoms with Crippen molar-refractivity contribution < 1.29 is 4.79 Å². The molecule has 0 bridgehead atoms. The highest BCUT2D eigenvalue weighted by molar-refractivity contribution is 5.87. The molecule has 0 aliphatic carbocycles. The van der Waals surface area contributed by atoms with Crippen molar-refractivity contribution in [3.05, 3.63) is 12.2 Å². The number of hydrogen-bond donors (Lipinski definition) is 1. The molecule has 0 radical (unpaired) electrons. The summed E-state index contributed by atoms with van der Waals surface area (Å²) in [6, 6.07) is 0.179. The van der Waals surface area contributed by atoms with Gasteiger partial charge in [0.15, 0.2) is 0 Å². The van der Waals surface area contributed by atoms with Crippen molar-refractivity contribution in [2.45, 2.75) is 97.4 Å². The van der Waals surface area contributed by atoms with Gasteiger partial charge in [-0.2, -0.15) is 0 Å². The molecule has 0 aromatic heterocycles. The van der Waals surface area contributed by atoms with E-state index in [0.717, 1.165) is 25.7 Å². The van der Waals surface area contributed by atoms with Crippen molar-refractivity contribution in [2.75, 3.05) is 0 Å². The minimum absolute atomic E-state index is 0.0492. The fraction of sp³-hybridized carbons (Fsp3) is 0.833. The first kappa shape index (κ1) is 20.2. The summed E-state index contributed by atoms with van der Waals surface area (Å²) >= 11 is 0. The fourth-order valence-electron chi connectivity index (χ4n) is 2.49. The summed E-state index contributed by atoms with van der Waals surface area (Å²) in [6.45, 7) is 6.51. The van der Waals surface area contributed by atoms with Crippen LogP contribution in [0.2, 0.25) is 0 Å². The second-order valence-electron chi connectivity index (χ2n) is 5.91. The maximum Gasteiger partial charge on any atom is 0.260 e. The lowest BCUT2D eigenvalue weighted by Crippen LogP contribution is -2.44. The molecule has 0 heterocycles. The molecular weight excluding hydrogens is 260 g/mol. The molecular formula is C18H36N2O. The molecule has 1 atom stereocenters. The molecule has 0 spiro atoms. The van der Waals surface area contributed by atoms with Crippen molar-refractivity contribution in [1.29, 1.82) is 0 Å². The molecule has 124 valence electrons. The van der Waals surface area contributed by atoms with Gasteiger partial charge in [0.2, 0.25) is 0 Å². The molecule has 3 heteroatoms. The van der Waals surface area contributed by atoms with Crippen LogP contribution in [-0.2, 0) is 4.79 Å². The molecule has 0 aromatic carbocycles. The summed E-state index contributed by atoms with van der Waals surface area (Å²) in [7, 11) is 0. The van der Waals surface area contributed by atoms with Crippen molar-refractivity contribution >= 4 is 5.91 Å². The Hall–Kier alpha value is -0.830. The van der Waals surface area contributed by atoms with Gasteiger partial charge >= 0.3 is 0 Å². The van der Waals surface area contributed by atoms with Crippen LogP contribution in [0.3, 0.4) is 0 Å². The first-order chi connectivity index (χ1) is 10.2. The Morgan fingerprint density at radius 2 is 1.62 bits per heavy atom. The highest BCUT2D eigenvalue weighted by Crippen LogP contribution is 2.11. The monoisotopic (exact) mass is 296 g/mol. The fourth-order valence-corrected chi connectivity index (χ4v) is 2.49. The number of carbonyl (C=O) groups is 1. The normalized spacial score (nSPS) is 12.8. The first-order valence-corrected chi connectivity index (χ1v) is 8.91. The number of rotatable bonds is 13. The van der Waals surface area contributed by atoms with Crippen LogP contribution < -0.4 is 5.84 Å². The lowest BCUT2D eigenvalue weighted by molar-refractivity contribution is -0.128. The molecule has 0 aliphatic rings. The standard InChI is InChI=1S/C18H36N2O/c1-4-7-9-10-11-12-14-16-18(21)20(19)17(6-3)15-13-8-5-2/h14,16-17H,4-13,15,19H2,1-3H3/b16-14+. The zero-order valence-corrected chi connectivity index (χ0v) is 14.4. The Balaban J connectivity index is 3.94. The number of amides is 1. The molecule has 1 amide bonds. The third kappa shape index (κ3) is 10.5. The maximum atomic E-state index is 12.0. The third-order valence-corrected chi connectivity index (χ3v) is 3.99. The molecule has 0 aromatic rings. The zero-order valence-electron chi connectivity index (χ0n) is 14.4. The Kier molecular flexibility index (Phi) is 13.6. The lowest BCUT2D eigenvalue weighted by atomic mass is 10.1. The van der Waals surface area contributed by atoms with Crippen molar-refractivity contribution in [1.82, 2.24) is 5.01 Å². The molecule has 2 N–H and O–H groups in total. The van der Waals surface area contributed by atoms with E-state index in [1.165, 1.54) is 50.0 Å². The van der Waals surface area contributed by atoms with Crippen LogP contribution in [0.5, 0.6) is 0 Å². The van der Waals surface area contributed by atoms with E-state index in [1.54, 1.807) is 6.08 Å². The van der Waals surface area contributed by atoms with Gasteiger partial charge in [-0.05, 0) is 25.7 Å². The van der Waals surface area contributed by atoms with Crippen LogP contribution in [0.15, 0.2) is 12.2 Å². The van der Waals surface area contributed by atoms with Crippen molar-refractivity contribution in [3.8, 4) is 0 Å². The summed E-state index contributed by atoms with van der Waals surface area (Å²) in [5.74, 6) is 5.92. The average Bonchev–Trinajstić information content (AvgIpc) is 2.50. The van der Waals surface area contributed by atoms with Crippen molar-refractivity contribution in [2.24, 2.45) is 5.84 Å². The summed E-state index contributed by atoms with van der Waals surface area (Å²) in [6.07, 6.45) is 16.4. The Labute approximate surface area is 131 Å². The SMILES string of the molecule is CCCCCCC/C=C/C(=O)N(N)C(CC)CCCCC. The van der Waals surface area contributed by atoms with Gasteiger partial charge in [-0.3, -0.25) is 9.80 Å². The number of allylic oxidation sites excluding steroid dienone is 1. The van der Waals surface area contributed by atoms with Gasteiger partial charge in [0, 0.05) is 12.1 Å². The van der Waals surface area contributed by atoms with E-state index in [0.29, 0.717) is 0 Å². The largest absolute Gasteiger partial charge is 0.274 e. The average molecular weight is 296 g/mol. The molecule has 3 nitrogen and oxygen atoms in total. The van der Waals surface area contributed by atoms with Crippen molar-refractivity contribution in [3.63, 3.8) is 0 Å². The number of hydrogen-bond acceptors (Lipinski definition) is 2. The summed E-state index contributed by atoms with van der Waals surface area (Å²) in [5, 5.41) is 1.43. The van der Waals surface area contributed by atoms with Gasteiger partial charge in [-0.1, -0.05) is 71.8 Å². The zero-order chi connectivity index (χ0) is 15.9. The molecule has 0 fully saturated rings. The van der Waals surface area contributed by atoms with Gasteiger partial charge in [0.05, 0.1) is 0 Å². The summed E-state index contributed by atoms with van der Waals surface area (Å²) in [4.78, 5) is 12.0. The van der Waals surface area contributed by atoms with Crippen LogP contribution in [-0.4, -0.2) is 17.0 Å². The molecule has 0 saturated heterocycles. The van der Waals surface area contributed by atoms with Crippen LogP contribution in [0.1, 0.15) is 91.4 Å². The van der Waals surface area contributed by atoms with E-state index in [-0.39, 0.29) is 11.9 Å². The number of unbranched alkanes of at least 4 members (excludes halogenated alkanes) is 7. The van der Waals surface area contributed by atoms with Gasteiger partial charge in [-0.25, -0.2) is 5.84 Å². The number of hydrazine groups is 1. The number of nitrogens with zero attached hydrogens (tertiary/aromatic N) is 1. The van der Waals surface area contributed by atoms with Gasteiger partial charge < -0.3 is 0 Å². The van der Waals surface area contributed by atoms with Gasteiger partial charge in [0.25, 0.3) is 5.91 Å². The van der Waals surface area contributed by atoms with Crippen LogP contribution in [0, 0.1) is 0 Å². The van der Waals surface area contributed by atoms with Crippen LogP contribution in [0.25, 0.3) is 0 Å². The summed E-state index contributed by atoms with van der Waals surface area (Å²) < 4.78 is 0. The van der Waals surface area contributed by atoms with E-state index in [4.69, 9.17) is 5.84 Å². The van der Waals surface area contributed by atoms with Gasteiger partial charge in [0.1, 0.15) is 0 Å². The van der Waals surface area contributed by atoms with E-state index in [9.17, 15) is 4.79 Å². The van der Waals surface area contributed by atoms with Crippen LogP contribution in [0.4, 0.5) is 0 Å². The second kappa shape index (κ2) is 14.1. The number of carbonyl (C=O) groups excluding carboxylic acids is 1. The first-order valence-electron chi connectivity index (χ1n) is 8.91. The topological polar surface area (TPSA) is 46.3 Å². The minimum Gasteiger partial charge on any atom is -0.274 e. The predicted octanol–water partition coefficient (Wildman–Crippen LogP) is 4.96. The van der Waals surface area contributed by atoms with E-state index in [1.807, 2.05) is 6.08 Å².